The van der Waals surface area contributed by atoms with Crippen molar-refractivity contribution in [2.75, 3.05) is 13.1 Å². The van der Waals surface area contributed by atoms with Gasteiger partial charge >= 0.3 is 0 Å². The summed E-state index contributed by atoms with van der Waals surface area (Å²) in [6.45, 7) is 0.807. The van der Waals surface area contributed by atoms with Gasteiger partial charge in [0.1, 0.15) is 0 Å². The van der Waals surface area contributed by atoms with Gasteiger partial charge in [-0.05, 0) is 29.7 Å². The Morgan fingerprint density at radius 1 is 1.00 bits per heavy atom. The number of hydroxylamine groups is 2. The Bertz CT molecular complexity index is 730. The molecule has 1 aliphatic heterocycles. The zero-order valence-electron chi connectivity index (χ0n) is 12.0. The Morgan fingerprint density at radius 3 is 2.23 bits per heavy atom. The van der Waals surface area contributed by atoms with Gasteiger partial charge in [0.2, 0.25) is 10.0 Å². The topological polar surface area (TPSA) is 69.6 Å². The lowest BCUT2D eigenvalue weighted by molar-refractivity contribution is -0.0692. The van der Waals surface area contributed by atoms with Crippen molar-refractivity contribution in [1.82, 2.24) is 9.79 Å². The molecule has 0 aliphatic carbocycles. The van der Waals surface area contributed by atoms with Crippen LogP contribution in [0.1, 0.15) is 6.42 Å². The van der Waals surface area contributed by atoms with Crippen LogP contribution >= 0.6 is 0 Å². The smallest absolute Gasteiger partial charge is 0.240 e. The maximum atomic E-state index is 12.3. The molecule has 0 unspecified atom stereocenters. The molecule has 0 radical (unpaired) electrons. The normalized spacial score (nSPS) is 19.4. The molecule has 1 aliphatic rings. The molecule has 2 N–H and O–H groups in total. The minimum atomic E-state index is -3.55. The van der Waals surface area contributed by atoms with Crippen LogP contribution in [0.3, 0.4) is 0 Å². The number of nitrogens with zero attached hydrogens (tertiary/aromatic N) is 1. The van der Waals surface area contributed by atoms with E-state index in [2.05, 4.69) is 4.72 Å². The lowest BCUT2D eigenvalue weighted by Gasteiger charge is -2.13. The third kappa shape index (κ3) is 3.36. The Morgan fingerprint density at radius 2 is 1.64 bits per heavy atom. The first-order valence-corrected chi connectivity index (χ1v) is 8.64. The first kappa shape index (κ1) is 15.2. The van der Waals surface area contributed by atoms with E-state index >= 15 is 0 Å². The van der Waals surface area contributed by atoms with Crippen molar-refractivity contribution in [3.05, 3.63) is 54.6 Å². The molecule has 6 heteroatoms. The highest BCUT2D eigenvalue weighted by molar-refractivity contribution is 7.89. The van der Waals surface area contributed by atoms with Gasteiger partial charge in [-0.25, -0.2) is 13.1 Å². The van der Waals surface area contributed by atoms with Crippen LogP contribution in [-0.2, 0) is 10.0 Å². The maximum Gasteiger partial charge on any atom is 0.240 e. The zero-order chi connectivity index (χ0) is 15.6. The summed E-state index contributed by atoms with van der Waals surface area (Å²) >= 11 is 0. The minimum Gasteiger partial charge on any atom is -0.314 e. The highest BCUT2D eigenvalue weighted by Crippen LogP contribution is 2.21. The van der Waals surface area contributed by atoms with Crippen molar-refractivity contribution in [3.8, 4) is 11.1 Å². The largest absolute Gasteiger partial charge is 0.314 e. The number of hydrogen-bond acceptors (Lipinski definition) is 4. The van der Waals surface area contributed by atoms with Crippen molar-refractivity contribution < 1.29 is 13.6 Å². The van der Waals surface area contributed by atoms with Crippen LogP contribution in [0.15, 0.2) is 59.5 Å². The predicted octanol–water partition coefficient (Wildman–Crippen LogP) is 2.10. The van der Waals surface area contributed by atoms with Crippen LogP contribution in [0.2, 0.25) is 0 Å². The van der Waals surface area contributed by atoms with Gasteiger partial charge in [-0.1, -0.05) is 42.5 Å². The molecular formula is C16H18N2O3S. The number of benzene rings is 2. The van der Waals surface area contributed by atoms with Crippen molar-refractivity contribution in [1.29, 1.82) is 0 Å². The molecule has 3 rings (SSSR count). The zero-order valence-corrected chi connectivity index (χ0v) is 12.8. The summed E-state index contributed by atoms with van der Waals surface area (Å²) in [6, 6.07) is 16.4. The van der Waals surface area contributed by atoms with Gasteiger partial charge in [-0.3, -0.25) is 0 Å². The fourth-order valence-corrected chi connectivity index (χ4v) is 3.84. The summed E-state index contributed by atoms with van der Waals surface area (Å²) in [5, 5.41) is 10.5. The maximum absolute atomic E-state index is 12.3. The first-order chi connectivity index (χ1) is 10.5. The summed E-state index contributed by atoms with van der Waals surface area (Å²) in [5.74, 6) is 0. The highest BCUT2D eigenvalue weighted by Gasteiger charge is 2.26. The van der Waals surface area contributed by atoms with E-state index in [0.29, 0.717) is 19.5 Å². The summed E-state index contributed by atoms with van der Waals surface area (Å²) in [7, 11) is -3.55. The third-order valence-electron chi connectivity index (χ3n) is 3.76. The number of sulfonamides is 1. The molecule has 1 saturated heterocycles. The quantitative estimate of drug-likeness (QED) is 0.906. The van der Waals surface area contributed by atoms with Gasteiger partial charge in [0, 0.05) is 19.1 Å². The van der Waals surface area contributed by atoms with Crippen LogP contribution in [0.4, 0.5) is 0 Å². The van der Waals surface area contributed by atoms with E-state index in [4.69, 9.17) is 0 Å². The van der Waals surface area contributed by atoms with Gasteiger partial charge in [0.25, 0.3) is 0 Å². The Labute approximate surface area is 130 Å². The molecule has 5 nitrogen and oxygen atoms in total. The molecule has 2 aromatic carbocycles. The minimum absolute atomic E-state index is 0.239. The predicted molar refractivity (Wildman–Crippen MR) is 84.0 cm³/mol. The van der Waals surface area contributed by atoms with Crippen LogP contribution in [0, 0.1) is 0 Å². The van der Waals surface area contributed by atoms with Crippen molar-refractivity contribution in [2.45, 2.75) is 17.4 Å². The fraction of sp³-hybridized carbons (Fsp3) is 0.250. The van der Waals surface area contributed by atoms with Gasteiger partial charge < -0.3 is 5.21 Å². The Hall–Kier alpha value is -1.73. The molecule has 0 aromatic heterocycles. The Balaban J connectivity index is 1.77. The summed E-state index contributed by atoms with van der Waals surface area (Å²) in [6.07, 6.45) is 0.609. The molecule has 1 fully saturated rings. The standard InChI is InChI=1S/C16H18N2O3S/c19-18-11-10-15(12-18)17-22(20,21)16-8-6-14(7-9-16)13-4-2-1-3-5-13/h1-9,15,17,19H,10-12H2/t15-/m0/s1. The molecule has 0 amide bonds. The van der Waals surface area contributed by atoms with E-state index in [1.54, 1.807) is 24.3 Å². The van der Waals surface area contributed by atoms with Crippen LogP contribution in [-0.4, -0.2) is 37.8 Å². The van der Waals surface area contributed by atoms with E-state index in [-0.39, 0.29) is 10.9 Å². The van der Waals surface area contributed by atoms with Crippen molar-refractivity contribution in [3.63, 3.8) is 0 Å². The SMILES string of the molecule is O=S(=O)(N[C@H]1CCN(O)C1)c1ccc(-c2ccccc2)cc1. The molecule has 2 aromatic rings. The van der Waals surface area contributed by atoms with Gasteiger partial charge in [0.15, 0.2) is 0 Å². The number of hydrogen-bond donors (Lipinski definition) is 2. The molecular weight excluding hydrogens is 300 g/mol. The molecule has 22 heavy (non-hydrogen) atoms. The molecule has 1 atom stereocenters. The summed E-state index contributed by atoms with van der Waals surface area (Å²) < 4.78 is 27.3. The van der Waals surface area contributed by atoms with E-state index in [0.717, 1.165) is 16.2 Å². The van der Waals surface area contributed by atoms with Crippen LogP contribution < -0.4 is 4.72 Å². The average Bonchev–Trinajstić information content (AvgIpc) is 2.93. The monoisotopic (exact) mass is 318 g/mol. The fourth-order valence-electron chi connectivity index (χ4n) is 2.58. The molecule has 116 valence electrons. The molecule has 0 bridgehead atoms. The van der Waals surface area contributed by atoms with Gasteiger partial charge in [-0.15, -0.1) is 0 Å². The average molecular weight is 318 g/mol. The second-order valence-electron chi connectivity index (χ2n) is 5.41. The molecule has 0 spiro atoms. The third-order valence-corrected chi connectivity index (χ3v) is 5.30. The van der Waals surface area contributed by atoms with Gasteiger partial charge in [-0.2, -0.15) is 5.06 Å². The van der Waals surface area contributed by atoms with Crippen LogP contribution in [0.25, 0.3) is 11.1 Å². The van der Waals surface area contributed by atoms with Crippen LogP contribution in [0.5, 0.6) is 0 Å². The van der Waals surface area contributed by atoms with E-state index < -0.39 is 10.0 Å². The van der Waals surface area contributed by atoms with Crippen molar-refractivity contribution in [2.24, 2.45) is 0 Å². The second-order valence-corrected chi connectivity index (χ2v) is 7.12. The number of nitrogens with one attached hydrogen (secondary N) is 1. The molecule has 0 saturated carbocycles. The lowest BCUT2D eigenvalue weighted by atomic mass is 10.1. The van der Waals surface area contributed by atoms with E-state index in [9.17, 15) is 13.6 Å². The number of rotatable bonds is 4. The van der Waals surface area contributed by atoms with E-state index in [1.807, 2.05) is 30.3 Å². The van der Waals surface area contributed by atoms with E-state index in [1.165, 1.54) is 0 Å². The first-order valence-electron chi connectivity index (χ1n) is 7.16. The second kappa shape index (κ2) is 6.18. The summed E-state index contributed by atoms with van der Waals surface area (Å²) in [4.78, 5) is 0.239. The lowest BCUT2D eigenvalue weighted by Crippen LogP contribution is -2.36. The molecule has 1 heterocycles. The van der Waals surface area contributed by atoms with Gasteiger partial charge in [0.05, 0.1) is 4.90 Å². The summed E-state index contributed by atoms with van der Waals surface area (Å²) in [5.41, 5.74) is 2.02. The van der Waals surface area contributed by atoms with Crippen molar-refractivity contribution >= 4 is 10.0 Å². The Kier molecular flexibility index (Phi) is 4.26. The highest BCUT2D eigenvalue weighted by atomic mass is 32.2.